The third-order valence-corrected chi connectivity index (χ3v) is 9.96. The van der Waals surface area contributed by atoms with Crippen LogP contribution in [0.5, 0.6) is 5.75 Å². The van der Waals surface area contributed by atoms with Crippen molar-refractivity contribution in [3.05, 3.63) is 99.5 Å². The van der Waals surface area contributed by atoms with Crippen LogP contribution in [0.3, 0.4) is 0 Å². The lowest BCUT2D eigenvalue weighted by Gasteiger charge is -2.30. The van der Waals surface area contributed by atoms with Gasteiger partial charge in [0, 0.05) is 41.4 Å². The maximum absolute atomic E-state index is 13.6. The Balaban J connectivity index is 0.000000469. The van der Waals surface area contributed by atoms with Crippen LogP contribution in [0.25, 0.3) is 21.9 Å². The van der Waals surface area contributed by atoms with Gasteiger partial charge in [-0.25, -0.2) is 4.39 Å². The van der Waals surface area contributed by atoms with Crippen molar-refractivity contribution in [2.45, 2.75) is 93.1 Å². The van der Waals surface area contributed by atoms with Crippen molar-refractivity contribution in [3.63, 3.8) is 0 Å². The number of fused-ring (bicyclic) bond motifs is 1. The quantitative estimate of drug-likeness (QED) is 0.0784. The molecule has 3 aromatic carbocycles. The molecule has 0 atom stereocenters. The number of ether oxygens (including phenoxy) is 2. The summed E-state index contributed by atoms with van der Waals surface area (Å²) in [7, 11) is 3.58. The summed E-state index contributed by atoms with van der Waals surface area (Å²) in [5, 5.41) is 5.52. The Morgan fingerprint density at radius 3 is 2.32 bits per heavy atom. The molecule has 0 aliphatic carbocycles. The SMILES string of the molecule is C=C(C)/C(=C(/C)NC)c1c(Cl)ccc(/C(CCCOc2cccc3cc(F)ccc23)=C(\C)C=O)c1C.CCCN1CCC(CN)CC1.COC(C)(C)C. The fourth-order valence-electron chi connectivity index (χ4n) is 6.32. The number of halogens is 2. The number of nitrogens with two attached hydrogens (primary N) is 1. The minimum absolute atomic E-state index is 0.0417. The van der Waals surface area contributed by atoms with Gasteiger partial charge in [-0.1, -0.05) is 43.3 Å². The van der Waals surface area contributed by atoms with Crippen LogP contribution in [-0.4, -0.2) is 63.7 Å². The van der Waals surface area contributed by atoms with Crippen LogP contribution in [-0.2, 0) is 9.53 Å². The van der Waals surface area contributed by atoms with E-state index in [-0.39, 0.29) is 11.4 Å². The highest BCUT2D eigenvalue weighted by Crippen LogP contribution is 2.38. The molecule has 1 fully saturated rings. The molecule has 1 saturated heterocycles. The molecule has 53 heavy (non-hydrogen) atoms. The van der Waals surface area contributed by atoms with Crippen LogP contribution in [0, 0.1) is 18.7 Å². The summed E-state index contributed by atoms with van der Waals surface area (Å²) in [6.45, 7) is 25.5. The number of nitrogens with zero attached hydrogens (tertiary/aromatic N) is 1. The van der Waals surface area contributed by atoms with Gasteiger partial charge in [0.25, 0.3) is 0 Å². The van der Waals surface area contributed by atoms with Gasteiger partial charge in [-0.05, 0) is 176 Å². The number of piperidine rings is 1. The Morgan fingerprint density at radius 2 is 1.77 bits per heavy atom. The highest BCUT2D eigenvalue weighted by atomic mass is 35.5. The fourth-order valence-corrected chi connectivity index (χ4v) is 6.62. The Kier molecular flexibility index (Phi) is 19.5. The van der Waals surface area contributed by atoms with Gasteiger partial charge in [0.2, 0.25) is 0 Å². The van der Waals surface area contributed by atoms with Crippen LogP contribution in [0.1, 0.15) is 97.3 Å². The summed E-state index contributed by atoms with van der Waals surface area (Å²) in [5.74, 6) is 1.25. The Bertz CT molecular complexity index is 1700. The van der Waals surface area contributed by atoms with Gasteiger partial charge in [-0.2, -0.15) is 0 Å². The number of methoxy groups -OCH3 is 1. The van der Waals surface area contributed by atoms with Crippen molar-refractivity contribution in [1.82, 2.24) is 10.2 Å². The zero-order valence-electron chi connectivity index (χ0n) is 34.1. The molecular formula is C45H65ClFN3O3. The van der Waals surface area contributed by atoms with Gasteiger partial charge >= 0.3 is 0 Å². The number of likely N-dealkylation sites (tertiary alicyclic amines) is 1. The normalized spacial score (nSPS) is 14.6. The number of rotatable bonds is 13. The summed E-state index contributed by atoms with van der Waals surface area (Å²) < 4.78 is 24.6. The summed E-state index contributed by atoms with van der Waals surface area (Å²) >= 11 is 6.68. The molecule has 0 amide bonds. The van der Waals surface area contributed by atoms with E-state index < -0.39 is 0 Å². The van der Waals surface area contributed by atoms with Crippen molar-refractivity contribution >= 4 is 39.8 Å². The van der Waals surface area contributed by atoms with E-state index in [1.165, 1.54) is 51.0 Å². The average Bonchev–Trinajstić information content (AvgIpc) is 3.13. The maximum Gasteiger partial charge on any atom is 0.146 e. The van der Waals surface area contributed by atoms with E-state index in [0.29, 0.717) is 35.8 Å². The van der Waals surface area contributed by atoms with Crippen molar-refractivity contribution in [2.75, 3.05) is 46.9 Å². The number of hydrogen-bond donors (Lipinski definition) is 2. The molecular weight excluding hydrogens is 685 g/mol. The number of carbonyl (C=O) groups excluding carboxylic acids is 1. The molecule has 1 heterocycles. The van der Waals surface area contributed by atoms with Gasteiger partial charge < -0.3 is 25.4 Å². The largest absolute Gasteiger partial charge is 0.493 e. The number of aldehydes is 1. The Labute approximate surface area is 324 Å². The molecule has 8 heteroatoms. The molecule has 0 bridgehead atoms. The molecule has 0 unspecified atom stereocenters. The first-order valence-corrected chi connectivity index (χ1v) is 19.3. The van der Waals surface area contributed by atoms with Crippen LogP contribution >= 0.6 is 11.6 Å². The first kappa shape index (κ1) is 45.7. The predicted octanol–water partition coefficient (Wildman–Crippen LogP) is 10.8. The van der Waals surface area contributed by atoms with Crippen molar-refractivity contribution in [2.24, 2.45) is 11.7 Å². The summed E-state index contributed by atoms with van der Waals surface area (Å²) in [4.78, 5) is 14.4. The highest BCUT2D eigenvalue weighted by molar-refractivity contribution is 6.33. The zero-order valence-corrected chi connectivity index (χ0v) is 34.8. The lowest BCUT2D eigenvalue weighted by molar-refractivity contribution is -0.104. The molecule has 6 nitrogen and oxygen atoms in total. The standard InChI is InChI=1S/C31H33ClFNO2.C9H20N2.C5H12O/c1-19(2)30(22(5)34-6)31-21(4)26(14-15-28(31)32)25(20(3)18-35)10-8-16-36-29-11-7-9-23-17-24(33)12-13-27(23)29;1-2-5-11-6-3-9(8-10)4-7-11;1-5(2,3)6-4/h7,9,11-15,17-18,34H,1,8,10,16H2,2-6H3;9H,2-8,10H2,1H3;1-4H3/b25-20+,30-22+;;. The van der Waals surface area contributed by atoms with Crippen molar-refractivity contribution < 1.29 is 18.7 Å². The molecule has 0 aromatic heterocycles. The second-order valence-corrected chi connectivity index (χ2v) is 15.2. The first-order chi connectivity index (χ1) is 25.1. The minimum atomic E-state index is -0.272. The van der Waals surface area contributed by atoms with Crippen molar-refractivity contribution in [3.8, 4) is 5.75 Å². The fraction of sp³-hybridized carbons (Fsp3) is 0.489. The van der Waals surface area contributed by atoms with E-state index in [0.717, 1.165) is 68.6 Å². The predicted molar refractivity (Wildman–Crippen MR) is 225 cm³/mol. The topological polar surface area (TPSA) is 76.8 Å². The van der Waals surface area contributed by atoms with Gasteiger partial charge in [-0.15, -0.1) is 0 Å². The average molecular weight is 750 g/mol. The molecule has 0 saturated carbocycles. The van der Waals surface area contributed by atoms with E-state index >= 15 is 0 Å². The Morgan fingerprint density at radius 1 is 1.11 bits per heavy atom. The molecule has 3 aromatic rings. The van der Waals surface area contributed by atoms with Gasteiger partial charge in [0.1, 0.15) is 17.9 Å². The first-order valence-electron chi connectivity index (χ1n) is 18.9. The summed E-state index contributed by atoms with van der Waals surface area (Å²) in [6.07, 6.45) is 6.18. The van der Waals surface area contributed by atoms with Crippen LogP contribution < -0.4 is 15.8 Å². The van der Waals surface area contributed by atoms with E-state index in [1.54, 1.807) is 13.2 Å². The van der Waals surface area contributed by atoms with Crippen LogP contribution in [0.4, 0.5) is 4.39 Å². The molecule has 0 spiro atoms. The number of carbonyl (C=O) groups is 1. The molecule has 1 aliphatic rings. The molecule has 3 N–H and O–H groups in total. The Hall–Kier alpha value is -3.49. The number of hydrogen-bond acceptors (Lipinski definition) is 6. The van der Waals surface area contributed by atoms with Gasteiger partial charge in [0.05, 0.1) is 12.2 Å². The summed E-state index contributed by atoms with van der Waals surface area (Å²) in [6, 6.07) is 14.2. The second kappa shape index (κ2) is 22.7. The lowest BCUT2D eigenvalue weighted by atomic mass is 9.86. The highest BCUT2D eigenvalue weighted by Gasteiger charge is 2.19. The second-order valence-electron chi connectivity index (χ2n) is 14.8. The van der Waals surface area contributed by atoms with Gasteiger partial charge in [-0.3, -0.25) is 4.79 Å². The third kappa shape index (κ3) is 14.4. The smallest absolute Gasteiger partial charge is 0.146 e. The van der Waals surface area contributed by atoms with Gasteiger partial charge in [0.15, 0.2) is 0 Å². The maximum atomic E-state index is 13.6. The number of nitrogens with one attached hydrogen (secondary N) is 1. The summed E-state index contributed by atoms with van der Waals surface area (Å²) in [5.41, 5.74) is 13.1. The molecule has 4 rings (SSSR count). The van der Waals surface area contributed by atoms with E-state index in [9.17, 15) is 9.18 Å². The number of benzene rings is 3. The molecule has 1 aliphatic heterocycles. The monoisotopic (exact) mass is 749 g/mol. The van der Waals surface area contributed by atoms with E-state index in [4.69, 9.17) is 26.8 Å². The van der Waals surface area contributed by atoms with Crippen LogP contribution in [0.2, 0.25) is 5.02 Å². The number of allylic oxidation sites excluding steroid dienone is 5. The van der Waals surface area contributed by atoms with Crippen LogP contribution in [0.15, 0.2) is 72.0 Å². The molecule has 292 valence electrons. The lowest BCUT2D eigenvalue weighted by Crippen LogP contribution is -2.36. The zero-order chi connectivity index (χ0) is 39.7. The third-order valence-electron chi connectivity index (χ3n) is 9.64. The van der Waals surface area contributed by atoms with Crippen molar-refractivity contribution in [1.29, 1.82) is 0 Å². The van der Waals surface area contributed by atoms with E-state index in [1.807, 2.05) is 85.8 Å². The minimum Gasteiger partial charge on any atom is -0.493 e. The molecule has 0 radical (unpaired) electrons. The van der Waals surface area contributed by atoms with E-state index in [2.05, 4.69) is 23.7 Å².